The number of carbonyl (C=O) groups is 2. The van der Waals surface area contributed by atoms with Gasteiger partial charge in [-0.2, -0.15) is 14.6 Å². The van der Waals surface area contributed by atoms with Gasteiger partial charge in [-0.05, 0) is 31.2 Å². The number of thiophene rings is 1. The van der Waals surface area contributed by atoms with E-state index in [1.807, 2.05) is 35.4 Å². The molecule has 3 aromatic rings. The van der Waals surface area contributed by atoms with Gasteiger partial charge in [-0.25, -0.2) is 4.98 Å². The number of piperazine rings is 1. The van der Waals surface area contributed by atoms with Crippen molar-refractivity contribution < 1.29 is 9.59 Å². The fourth-order valence-corrected chi connectivity index (χ4v) is 5.18. The average Bonchev–Trinajstić information content (AvgIpc) is 3.54. The lowest BCUT2D eigenvalue weighted by molar-refractivity contribution is -0.143. The van der Waals surface area contributed by atoms with Gasteiger partial charge in [-0.3, -0.25) is 9.59 Å². The van der Waals surface area contributed by atoms with E-state index in [2.05, 4.69) is 20.0 Å². The molecule has 2 aliphatic heterocycles. The highest BCUT2D eigenvalue weighted by Crippen LogP contribution is 2.23. The molecule has 0 spiro atoms. The molecule has 0 aromatic carbocycles. The van der Waals surface area contributed by atoms with Gasteiger partial charge in [0.1, 0.15) is 18.2 Å². The Morgan fingerprint density at radius 3 is 2.81 bits per heavy atom. The molecule has 5 heterocycles. The first-order chi connectivity index (χ1) is 15.1. The molecule has 5 rings (SSSR count). The minimum atomic E-state index is -0.329. The molecule has 9 nitrogen and oxygen atoms in total. The fraction of sp³-hybridized carbons (Fsp3) is 0.476. The van der Waals surface area contributed by atoms with Crippen LogP contribution >= 0.6 is 11.3 Å². The number of amides is 2. The summed E-state index contributed by atoms with van der Waals surface area (Å²) in [5, 5.41) is 6.27. The third-order valence-corrected chi connectivity index (χ3v) is 6.92. The van der Waals surface area contributed by atoms with E-state index in [1.54, 1.807) is 20.8 Å². The summed E-state index contributed by atoms with van der Waals surface area (Å²) in [7, 11) is 0. The zero-order valence-corrected chi connectivity index (χ0v) is 18.3. The van der Waals surface area contributed by atoms with Gasteiger partial charge >= 0.3 is 0 Å². The molecule has 2 fully saturated rings. The van der Waals surface area contributed by atoms with Crippen molar-refractivity contribution in [3.8, 4) is 0 Å². The Bertz CT molecular complexity index is 1090. The summed E-state index contributed by atoms with van der Waals surface area (Å²) in [5.41, 5.74) is 0.889. The number of anilines is 1. The van der Waals surface area contributed by atoms with Crippen LogP contribution in [0.5, 0.6) is 0 Å². The number of hydrogen-bond acceptors (Lipinski definition) is 7. The Balaban J connectivity index is 1.24. The van der Waals surface area contributed by atoms with Crippen molar-refractivity contribution in [3.05, 3.63) is 40.5 Å². The van der Waals surface area contributed by atoms with Crippen LogP contribution in [0.2, 0.25) is 0 Å². The van der Waals surface area contributed by atoms with E-state index in [1.165, 1.54) is 6.33 Å². The largest absolute Gasteiger partial charge is 0.353 e. The Morgan fingerprint density at radius 2 is 2.03 bits per heavy atom. The van der Waals surface area contributed by atoms with E-state index < -0.39 is 0 Å². The van der Waals surface area contributed by atoms with Crippen molar-refractivity contribution in [1.82, 2.24) is 29.4 Å². The third-order valence-electron chi connectivity index (χ3n) is 6.04. The maximum Gasteiger partial charge on any atom is 0.254 e. The number of aryl methyl sites for hydroxylation is 1. The fourth-order valence-electron chi connectivity index (χ4n) is 4.49. The van der Waals surface area contributed by atoms with E-state index in [-0.39, 0.29) is 17.9 Å². The Hall–Kier alpha value is -3.01. The van der Waals surface area contributed by atoms with Gasteiger partial charge in [0, 0.05) is 49.4 Å². The first-order valence-corrected chi connectivity index (χ1v) is 11.5. The van der Waals surface area contributed by atoms with Crippen molar-refractivity contribution in [2.75, 3.05) is 37.6 Å². The summed E-state index contributed by atoms with van der Waals surface area (Å²) in [5.74, 6) is 1.66. The molecular formula is C21H25N7O2S. The molecule has 0 saturated carbocycles. The van der Waals surface area contributed by atoms with Gasteiger partial charge in [0.25, 0.3) is 5.78 Å². The molecular weight excluding hydrogens is 414 g/mol. The predicted octanol–water partition coefficient (Wildman–Crippen LogP) is 1.38. The highest BCUT2D eigenvalue weighted by Gasteiger charge is 2.37. The molecule has 0 radical (unpaired) electrons. The van der Waals surface area contributed by atoms with Crippen LogP contribution in [0.4, 0.5) is 5.82 Å². The molecule has 0 aliphatic carbocycles. The molecule has 0 bridgehead atoms. The first kappa shape index (κ1) is 19.9. The lowest BCUT2D eigenvalue weighted by Crippen LogP contribution is -2.54. The van der Waals surface area contributed by atoms with E-state index in [9.17, 15) is 9.59 Å². The van der Waals surface area contributed by atoms with Crippen LogP contribution in [0.1, 0.15) is 23.4 Å². The minimum absolute atomic E-state index is 0.0535. The summed E-state index contributed by atoms with van der Waals surface area (Å²) < 4.78 is 1.74. The van der Waals surface area contributed by atoms with Crippen LogP contribution in [0.25, 0.3) is 5.78 Å². The minimum Gasteiger partial charge on any atom is -0.353 e. The standard InChI is InChI=1S/C21H25N7O2S/c1-15-12-18(28-21(24-15)22-14-23-28)25-7-9-26(10-8-25)20(30)17-5-2-6-27(17)19(29)13-16-4-3-11-31-16/h3-4,11-12,14,17H,2,5-10,13H2,1H3. The zero-order chi connectivity index (χ0) is 21.4. The number of hydrogen-bond donors (Lipinski definition) is 0. The molecule has 31 heavy (non-hydrogen) atoms. The average molecular weight is 440 g/mol. The molecule has 3 aromatic heterocycles. The van der Waals surface area contributed by atoms with Gasteiger partial charge in [0.2, 0.25) is 11.8 Å². The van der Waals surface area contributed by atoms with Gasteiger partial charge in [0.15, 0.2) is 0 Å². The lowest BCUT2D eigenvalue weighted by atomic mass is 10.1. The van der Waals surface area contributed by atoms with Gasteiger partial charge in [-0.1, -0.05) is 6.07 Å². The second kappa shape index (κ2) is 8.26. The summed E-state index contributed by atoms with van der Waals surface area (Å²) in [6, 6.07) is 5.60. The monoisotopic (exact) mass is 439 g/mol. The van der Waals surface area contributed by atoms with E-state index >= 15 is 0 Å². The highest BCUT2D eigenvalue weighted by atomic mass is 32.1. The van der Waals surface area contributed by atoms with Crippen molar-refractivity contribution in [1.29, 1.82) is 0 Å². The number of rotatable bonds is 4. The number of carbonyl (C=O) groups excluding carboxylic acids is 2. The quantitative estimate of drug-likeness (QED) is 0.610. The second-order valence-electron chi connectivity index (χ2n) is 8.04. The molecule has 162 valence electrons. The molecule has 2 amide bonds. The highest BCUT2D eigenvalue weighted by molar-refractivity contribution is 7.10. The number of aromatic nitrogens is 4. The van der Waals surface area contributed by atoms with E-state index in [4.69, 9.17) is 0 Å². The molecule has 2 saturated heterocycles. The van der Waals surface area contributed by atoms with Crippen LogP contribution in [0.3, 0.4) is 0 Å². The Kier molecular flexibility index (Phi) is 5.31. The number of fused-ring (bicyclic) bond motifs is 1. The molecule has 10 heteroatoms. The number of likely N-dealkylation sites (tertiary alicyclic amines) is 1. The topological polar surface area (TPSA) is 86.9 Å². The summed E-state index contributed by atoms with van der Waals surface area (Å²) in [6.45, 7) is 5.28. The summed E-state index contributed by atoms with van der Waals surface area (Å²) >= 11 is 1.58. The Morgan fingerprint density at radius 1 is 1.19 bits per heavy atom. The SMILES string of the molecule is Cc1cc(N2CCN(C(=O)C3CCCN3C(=O)Cc3cccs3)CC2)n2ncnc2n1. The normalized spacial score (nSPS) is 19.4. The summed E-state index contributed by atoms with van der Waals surface area (Å²) in [6.07, 6.45) is 3.52. The first-order valence-electron chi connectivity index (χ1n) is 10.6. The molecule has 2 aliphatic rings. The number of nitrogens with zero attached hydrogens (tertiary/aromatic N) is 7. The second-order valence-corrected chi connectivity index (χ2v) is 9.07. The van der Waals surface area contributed by atoms with Crippen LogP contribution in [0, 0.1) is 6.92 Å². The lowest BCUT2D eigenvalue weighted by Gasteiger charge is -2.38. The maximum atomic E-state index is 13.3. The van der Waals surface area contributed by atoms with Crippen LogP contribution in [-0.2, 0) is 16.0 Å². The smallest absolute Gasteiger partial charge is 0.254 e. The summed E-state index contributed by atoms with van der Waals surface area (Å²) in [4.78, 5) is 41.6. The molecule has 1 unspecified atom stereocenters. The van der Waals surface area contributed by atoms with Gasteiger partial charge in [-0.15, -0.1) is 11.3 Å². The van der Waals surface area contributed by atoms with Crippen LogP contribution in [0.15, 0.2) is 29.9 Å². The van der Waals surface area contributed by atoms with Gasteiger partial charge < -0.3 is 14.7 Å². The maximum absolute atomic E-state index is 13.3. The van der Waals surface area contributed by atoms with Crippen molar-refractivity contribution >= 4 is 34.7 Å². The van der Waals surface area contributed by atoms with Crippen LogP contribution < -0.4 is 4.90 Å². The van der Waals surface area contributed by atoms with Gasteiger partial charge in [0.05, 0.1) is 6.42 Å². The Labute approximate surface area is 184 Å². The van der Waals surface area contributed by atoms with E-state index in [0.717, 1.165) is 29.2 Å². The van der Waals surface area contributed by atoms with Crippen molar-refractivity contribution in [2.45, 2.75) is 32.2 Å². The van der Waals surface area contributed by atoms with Crippen molar-refractivity contribution in [2.24, 2.45) is 0 Å². The molecule has 1 atom stereocenters. The zero-order valence-electron chi connectivity index (χ0n) is 17.5. The molecule has 0 N–H and O–H groups in total. The third kappa shape index (κ3) is 3.87. The van der Waals surface area contributed by atoms with E-state index in [0.29, 0.717) is 44.9 Å². The van der Waals surface area contributed by atoms with Crippen LogP contribution in [-0.4, -0.2) is 80.0 Å². The predicted molar refractivity (Wildman–Crippen MR) is 117 cm³/mol. The van der Waals surface area contributed by atoms with Crippen molar-refractivity contribution in [3.63, 3.8) is 0 Å².